The zero-order valence-corrected chi connectivity index (χ0v) is 18.8. The van der Waals surface area contributed by atoms with Gasteiger partial charge in [0.05, 0.1) is 24.1 Å². The number of aryl methyl sites for hydroxylation is 1. The predicted octanol–water partition coefficient (Wildman–Crippen LogP) is 3.97. The molecule has 0 bridgehead atoms. The summed E-state index contributed by atoms with van der Waals surface area (Å²) in [5.74, 6) is -2.03. The van der Waals surface area contributed by atoms with Crippen LogP contribution in [-0.4, -0.2) is 53.5 Å². The molecule has 0 aliphatic carbocycles. The lowest BCUT2D eigenvalue weighted by atomic mass is 9.90. The van der Waals surface area contributed by atoms with Gasteiger partial charge >= 0.3 is 6.09 Å². The smallest absolute Gasteiger partial charge is 0.409 e. The van der Waals surface area contributed by atoms with Crippen LogP contribution in [0.3, 0.4) is 0 Å². The summed E-state index contributed by atoms with van der Waals surface area (Å²) in [6.45, 7) is 3.05. The maximum Gasteiger partial charge on any atom is 0.409 e. The summed E-state index contributed by atoms with van der Waals surface area (Å²) in [6.07, 6.45) is 3.54. The lowest BCUT2D eigenvalue weighted by Crippen LogP contribution is -2.38. The molecule has 2 aromatic heterocycles. The molecule has 4 rings (SSSR count). The van der Waals surface area contributed by atoms with Gasteiger partial charge in [0.25, 0.3) is 5.91 Å². The third-order valence-electron chi connectivity index (χ3n) is 6.18. The molecule has 3 aromatic rings. The molecule has 0 spiro atoms. The molecular formula is C24H26F2N4O3. The molecule has 0 atom stereocenters. The highest BCUT2D eigenvalue weighted by Gasteiger charge is 2.28. The van der Waals surface area contributed by atoms with Gasteiger partial charge in [0.15, 0.2) is 0 Å². The van der Waals surface area contributed by atoms with Crippen molar-refractivity contribution in [3.63, 3.8) is 0 Å². The number of aromatic nitrogens is 2. The first-order chi connectivity index (χ1) is 15.8. The molecule has 1 aliphatic heterocycles. The number of hydrogen-bond acceptors (Lipinski definition) is 4. The summed E-state index contributed by atoms with van der Waals surface area (Å²) in [5, 5.41) is 2.38. The zero-order chi connectivity index (χ0) is 23.7. The van der Waals surface area contributed by atoms with Crippen LogP contribution >= 0.6 is 0 Å². The van der Waals surface area contributed by atoms with Gasteiger partial charge in [0, 0.05) is 31.9 Å². The summed E-state index contributed by atoms with van der Waals surface area (Å²) in [7, 11) is 2.76. The number of pyridine rings is 1. The Morgan fingerprint density at radius 3 is 2.45 bits per heavy atom. The van der Waals surface area contributed by atoms with E-state index in [9.17, 15) is 9.59 Å². The Morgan fingerprint density at radius 1 is 1.18 bits per heavy atom. The molecule has 0 radical (unpaired) electrons. The number of likely N-dealkylation sites (tertiary alicyclic amines) is 1. The Bertz CT molecular complexity index is 1190. The Balaban J connectivity index is 1.74. The summed E-state index contributed by atoms with van der Waals surface area (Å²) in [5.41, 5.74) is 2.18. The largest absolute Gasteiger partial charge is 0.453 e. The Hall–Kier alpha value is -3.49. The topological polar surface area (TPSA) is 75.9 Å². The van der Waals surface area contributed by atoms with Gasteiger partial charge in [0.1, 0.15) is 17.3 Å². The second kappa shape index (κ2) is 9.17. The van der Waals surface area contributed by atoms with E-state index in [1.165, 1.54) is 14.2 Å². The van der Waals surface area contributed by atoms with Gasteiger partial charge in [0.2, 0.25) is 0 Å². The van der Waals surface area contributed by atoms with Gasteiger partial charge in [-0.15, -0.1) is 0 Å². The standard InChI is InChI=1S/C24H26F2N4O3/c1-14-4-9-30-19(11-15-5-7-29(8-6-15)24(32)33-3)22(28-20(30)10-14)21-17(25)12-16(13-18(21)26)23(31)27-2/h4,9-10,12-13,15H,5-8,11H2,1-3H3,(H,27,31). The number of imidazole rings is 1. The Labute approximate surface area is 190 Å². The van der Waals surface area contributed by atoms with E-state index in [-0.39, 0.29) is 28.8 Å². The maximum absolute atomic E-state index is 15.1. The van der Waals surface area contributed by atoms with Crippen molar-refractivity contribution in [2.75, 3.05) is 27.2 Å². The van der Waals surface area contributed by atoms with Gasteiger partial charge in [-0.1, -0.05) is 0 Å². The summed E-state index contributed by atoms with van der Waals surface area (Å²) >= 11 is 0. The first kappa shape index (κ1) is 22.7. The van der Waals surface area contributed by atoms with Crippen molar-refractivity contribution in [1.82, 2.24) is 19.6 Å². The number of carbonyl (C=O) groups excluding carboxylic acids is 2. The van der Waals surface area contributed by atoms with Gasteiger partial charge in [-0.25, -0.2) is 18.6 Å². The minimum atomic E-state index is -0.838. The van der Waals surface area contributed by atoms with Crippen molar-refractivity contribution in [1.29, 1.82) is 0 Å². The van der Waals surface area contributed by atoms with Crippen molar-refractivity contribution in [3.8, 4) is 11.3 Å². The first-order valence-corrected chi connectivity index (χ1v) is 10.8. The average Bonchev–Trinajstić information content (AvgIpc) is 3.14. The van der Waals surface area contributed by atoms with Crippen molar-refractivity contribution >= 4 is 17.6 Å². The van der Waals surface area contributed by atoms with E-state index in [0.29, 0.717) is 30.9 Å². The van der Waals surface area contributed by atoms with Crippen LogP contribution in [0.4, 0.5) is 13.6 Å². The second-order valence-electron chi connectivity index (χ2n) is 8.34. The quantitative estimate of drug-likeness (QED) is 0.645. The van der Waals surface area contributed by atoms with Crippen molar-refractivity contribution < 1.29 is 23.1 Å². The highest BCUT2D eigenvalue weighted by atomic mass is 19.1. The van der Waals surface area contributed by atoms with Crippen LogP contribution in [0.15, 0.2) is 30.5 Å². The molecule has 0 unspecified atom stereocenters. The number of hydrogen-bond donors (Lipinski definition) is 1. The van der Waals surface area contributed by atoms with E-state index < -0.39 is 17.5 Å². The number of amides is 2. The van der Waals surface area contributed by atoms with Crippen molar-refractivity contribution in [2.45, 2.75) is 26.2 Å². The zero-order valence-electron chi connectivity index (χ0n) is 18.8. The summed E-state index contributed by atoms with van der Waals surface area (Å²) < 4.78 is 36.9. The minimum Gasteiger partial charge on any atom is -0.453 e. The number of fused-ring (bicyclic) bond motifs is 1. The number of carbonyl (C=O) groups is 2. The fourth-order valence-corrected chi connectivity index (χ4v) is 4.39. The van der Waals surface area contributed by atoms with E-state index in [4.69, 9.17) is 4.74 Å². The molecule has 1 fully saturated rings. The molecule has 174 valence electrons. The molecule has 7 nitrogen and oxygen atoms in total. The number of piperidine rings is 1. The fraction of sp³-hybridized carbons (Fsp3) is 0.375. The number of nitrogens with zero attached hydrogens (tertiary/aromatic N) is 3. The molecule has 2 amide bonds. The molecule has 0 saturated carbocycles. The molecule has 1 aromatic carbocycles. The van der Waals surface area contributed by atoms with Crippen LogP contribution in [0.2, 0.25) is 0 Å². The van der Waals surface area contributed by atoms with E-state index in [1.54, 1.807) is 4.90 Å². The normalized spacial score (nSPS) is 14.5. The monoisotopic (exact) mass is 456 g/mol. The highest BCUT2D eigenvalue weighted by Crippen LogP contribution is 2.33. The summed E-state index contributed by atoms with van der Waals surface area (Å²) in [6, 6.07) is 5.85. The predicted molar refractivity (Wildman–Crippen MR) is 119 cm³/mol. The number of benzene rings is 1. The molecule has 3 heterocycles. The van der Waals surface area contributed by atoms with E-state index in [1.807, 2.05) is 29.7 Å². The fourth-order valence-electron chi connectivity index (χ4n) is 4.39. The van der Waals surface area contributed by atoms with Crippen LogP contribution in [-0.2, 0) is 11.2 Å². The third-order valence-corrected chi connectivity index (χ3v) is 6.18. The van der Waals surface area contributed by atoms with Crippen LogP contribution < -0.4 is 5.32 Å². The number of rotatable bonds is 4. The number of nitrogens with one attached hydrogen (secondary N) is 1. The second-order valence-corrected chi connectivity index (χ2v) is 8.34. The Kier molecular flexibility index (Phi) is 6.31. The van der Waals surface area contributed by atoms with E-state index >= 15 is 8.78 Å². The Morgan fingerprint density at radius 2 is 1.85 bits per heavy atom. The maximum atomic E-state index is 15.1. The van der Waals surface area contributed by atoms with Crippen LogP contribution in [0.25, 0.3) is 16.9 Å². The van der Waals surface area contributed by atoms with Crippen molar-refractivity contribution in [3.05, 3.63) is 58.9 Å². The number of methoxy groups -OCH3 is 1. The van der Waals surface area contributed by atoms with Crippen LogP contribution in [0.5, 0.6) is 0 Å². The molecule has 33 heavy (non-hydrogen) atoms. The molecule has 1 aliphatic rings. The van der Waals surface area contributed by atoms with Gasteiger partial charge in [-0.3, -0.25) is 4.79 Å². The molecule has 1 N–H and O–H groups in total. The highest BCUT2D eigenvalue weighted by molar-refractivity contribution is 5.94. The van der Waals surface area contributed by atoms with E-state index in [2.05, 4.69) is 10.3 Å². The lowest BCUT2D eigenvalue weighted by molar-refractivity contribution is 0.0961. The molecule has 9 heteroatoms. The minimum absolute atomic E-state index is 0.0902. The average molecular weight is 456 g/mol. The van der Waals surface area contributed by atoms with Crippen molar-refractivity contribution in [2.24, 2.45) is 5.92 Å². The van der Waals surface area contributed by atoms with Crippen LogP contribution in [0, 0.1) is 24.5 Å². The van der Waals surface area contributed by atoms with Gasteiger partial charge in [-0.05, 0) is 61.9 Å². The number of ether oxygens (including phenoxy) is 1. The molecular weight excluding hydrogens is 430 g/mol. The first-order valence-electron chi connectivity index (χ1n) is 10.8. The number of halogens is 2. The SMILES string of the molecule is CNC(=O)c1cc(F)c(-c2nc3cc(C)ccn3c2CC2CCN(C(=O)OC)CC2)c(F)c1. The third kappa shape index (κ3) is 4.40. The lowest BCUT2D eigenvalue weighted by Gasteiger charge is -2.31. The van der Waals surface area contributed by atoms with E-state index in [0.717, 1.165) is 30.5 Å². The molecule has 1 saturated heterocycles. The van der Waals surface area contributed by atoms with Crippen LogP contribution in [0.1, 0.15) is 34.5 Å². The summed E-state index contributed by atoms with van der Waals surface area (Å²) in [4.78, 5) is 29.9. The van der Waals surface area contributed by atoms with Gasteiger partial charge < -0.3 is 19.4 Å². The van der Waals surface area contributed by atoms with Gasteiger partial charge in [-0.2, -0.15) is 0 Å².